The highest BCUT2D eigenvalue weighted by Gasteiger charge is 2.21. The van der Waals surface area contributed by atoms with E-state index in [1.807, 2.05) is 11.8 Å². The van der Waals surface area contributed by atoms with E-state index in [1.54, 1.807) is 0 Å². The van der Waals surface area contributed by atoms with Crippen molar-refractivity contribution in [3.8, 4) is 0 Å². The number of urea groups is 1. The van der Waals surface area contributed by atoms with Crippen molar-refractivity contribution >= 4 is 6.03 Å². The zero-order valence-electron chi connectivity index (χ0n) is 8.96. The van der Waals surface area contributed by atoms with E-state index in [9.17, 15) is 4.79 Å². The van der Waals surface area contributed by atoms with Crippen LogP contribution >= 0.6 is 0 Å². The van der Waals surface area contributed by atoms with Gasteiger partial charge in [-0.3, -0.25) is 0 Å². The van der Waals surface area contributed by atoms with Crippen LogP contribution in [0.4, 0.5) is 4.79 Å². The maximum atomic E-state index is 11.7. The predicted molar refractivity (Wildman–Crippen MR) is 57.1 cm³/mol. The molecule has 0 atom stereocenters. The normalized spacial score (nSPS) is 16.1. The molecule has 1 saturated carbocycles. The quantitative estimate of drug-likeness (QED) is 0.691. The minimum atomic E-state index is 0.0747. The minimum Gasteiger partial charge on any atom is -0.335 e. The number of nitrogens with two attached hydrogens (primary N) is 1. The van der Waals surface area contributed by atoms with Crippen LogP contribution in [0.1, 0.15) is 32.6 Å². The molecule has 82 valence electrons. The summed E-state index contributed by atoms with van der Waals surface area (Å²) >= 11 is 0. The van der Waals surface area contributed by atoms with Gasteiger partial charge in [0.05, 0.1) is 0 Å². The van der Waals surface area contributed by atoms with Gasteiger partial charge in [0.25, 0.3) is 0 Å². The summed E-state index contributed by atoms with van der Waals surface area (Å²) in [5, 5.41) is 3.02. The topological polar surface area (TPSA) is 58.4 Å². The molecule has 4 nitrogen and oxygen atoms in total. The molecule has 1 fully saturated rings. The largest absolute Gasteiger partial charge is 0.335 e. The molecular formula is C10H21N3O. The lowest BCUT2D eigenvalue weighted by atomic mass is 9.93. The summed E-state index contributed by atoms with van der Waals surface area (Å²) in [4.78, 5) is 13.5. The van der Waals surface area contributed by atoms with E-state index in [0.717, 1.165) is 32.4 Å². The van der Waals surface area contributed by atoms with Crippen molar-refractivity contribution in [2.45, 2.75) is 38.6 Å². The van der Waals surface area contributed by atoms with Crippen molar-refractivity contribution in [2.75, 3.05) is 19.6 Å². The van der Waals surface area contributed by atoms with Gasteiger partial charge in [0, 0.05) is 19.1 Å². The van der Waals surface area contributed by atoms with Crippen LogP contribution in [0.5, 0.6) is 0 Å². The Balaban J connectivity index is 2.23. The molecule has 1 aliphatic rings. The second kappa shape index (κ2) is 5.86. The second-order valence-corrected chi connectivity index (χ2v) is 3.80. The summed E-state index contributed by atoms with van der Waals surface area (Å²) in [5.41, 5.74) is 5.41. The molecule has 0 spiro atoms. The monoisotopic (exact) mass is 199 g/mol. The Morgan fingerprint density at radius 2 is 2.29 bits per heavy atom. The van der Waals surface area contributed by atoms with Crippen LogP contribution in [-0.2, 0) is 0 Å². The van der Waals surface area contributed by atoms with Gasteiger partial charge in [-0.15, -0.1) is 0 Å². The molecule has 0 bridgehead atoms. The predicted octanol–water partition coefficient (Wildman–Crippen LogP) is 0.919. The van der Waals surface area contributed by atoms with Gasteiger partial charge in [-0.25, -0.2) is 4.79 Å². The highest BCUT2D eigenvalue weighted by Crippen LogP contribution is 2.18. The molecule has 2 amide bonds. The molecule has 0 aromatic rings. The third-order valence-electron chi connectivity index (χ3n) is 2.73. The van der Waals surface area contributed by atoms with E-state index in [1.165, 1.54) is 6.42 Å². The van der Waals surface area contributed by atoms with E-state index in [-0.39, 0.29) is 6.03 Å². The molecule has 0 aromatic heterocycles. The SMILES string of the molecule is CCN(CCCN)C(=O)NC1CCC1. The van der Waals surface area contributed by atoms with Crippen molar-refractivity contribution in [3.63, 3.8) is 0 Å². The first-order chi connectivity index (χ1) is 6.77. The highest BCUT2D eigenvalue weighted by atomic mass is 16.2. The maximum Gasteiger partial charge on any atom is 0.317 e. The van der Waals surface area contributed by atoms with Crippen molar-refractivity contribution in [1.82, 2.24) is 10.2 Å². The number of hydrogen-bond acceptors (Lipinski definition) is 2. The van der Waals surface area contributed by atoms with Crippen LogP contribution in [-0.4, -0.2) is 36.6 Å². The molecule has 1 aliphatic carbocycles. The minimum absolute atomic E-state index is 0.0747. The summed E-state index contributed by atoms with van der Waals surface area (Å²) in [6.07, 6.45) is 4.41. The molecule has 0 radical (unpaired) electrons. The van der Waals surface area contributed by atoms with Crippen LogP contribution in [0.15, 0.2) is 0 Å². The Labute approximate surface area is 85.8 Å². The summed E-state index contributed by atoms with van der Waals surface area (Å²) in [6.45, 7) is 4.17. The van der Waals surface area contributed by atoms with Crippen LogP contribution in [0, 0.1) is 0 Å². The molecule has 0 aliphatic heterocycles. The van der Waals surface area contributed by atoms with Crippen LogP contribution in [0.25, 0.3) is 0 Å². The number of hydrogen-bond donors (Lipinski definition) is 2. The third-order valence-corrected chi connectivity index (χ3v) is 2.73. The van der Waals surface area contributed by atoms with E-state index in [2.05, 4.69) is 5.32 Å². The molecule has 0 saturated heterocycles. The first-order valence-electron chi connectivity index (χ1n) is 5.53. The second-order valence-electron chi connectivity index (χ2n) is 3.80. The lowest BCUT2D eigenvalue weighted by molar-refractivity contribution is 0.188. The zero-order chi connectivity index (χ0) is 10.4. The Morgan fingerprint density at radius 3 is 2.71 bits per heavy atom. The Morgan fingerprint density at radius 1 is 1.57 bits per heavy atom. The van der Waals surface area contributed by atoms with Crippen molar-refractivity contribution in [2.24, 2.45) is 5.73 Å². The summed E-state index contributed by atoms with van der Waals surface area (Å²) < 4.78 is 0. The first-order valence-corrected chi connectivity index (χ1v) is 5.53. The lowest BCUT2D eigenvalue weighted by Crippen LogP contribution is -2.47. The number of nitrogens with one attached hydrogen (secondary N) is 1. The fraction of sp³-hybridized carbons (Fsp3) is 0.900. The molecule has 3 N–H and O–H groups in total. The van der Waals surface area contributed by atoms with Crippen molar-refractivity contribution in [1.29, 1.82) is 0 Å². The van der Waals surface area contributed by atoms with Gasteiger partial charge in [0.1, 0.15) is 0 Å². The van der Waals surface area contributed by atoms with Crippen LogP contribution in [0.3, 0.4) is 0 Å². The molecule has 14 heavy (non-hydrogen) atoms. The van der Waals surface area contributed by atoms with Gasteiger partial charge in [-0.2, -0.15) is 0 Å². The van der Waals surface area contributed by atoms with Crippen LogP contribution < -0.4 is 11.1 Å². The molecular weight excluding hydrogens is 178 g/mol. The van der Waals surface area contributed by atoms with E-state index in [0.29, 0.717) is 12.6 Å². The van der Waals surface area contributed by atoms with Crippen molar-refractivity contribution in [3.05, 3.63) is 0 Å². The maximum absolute atomic E-state index is 11.7. The van der Waals surface area contributed by atoms with Gasteiger partial charge in [-0.1, -0.05) is 0 Å². The molecule has 0 heterocycles. The Bertz CT molecular complexity index is 180. The van der Waals surface area contributed by atoms with Gasteiger partial charge in [0.2, 0.25) is 0 Å². The van der Waals surface area contributed by atoms with E-state index >= 15 is 0 Å². The van der Waals surface area contributed by atoms with Gasteiger partial charge in [0.15, 0.2) is 0 Å². The van der Waals surface area contributed by atoms with Gasteiger partial charge >= 0.3 is 6.03 Å². The average molecular weight is 199 g/mol. The number of carbonyl (C=O) groups excluding carboxylic acids is 1. The molecule has 4 heteroatoms. The number of nitrogens with zero attached hydrogens (tertiary/aromatic N) is 1. The smallest absolute Gasteiger partial charge is 0.317 e. The number of amides is 2. The summed E-state index contributed by atoms with van der Waals surface area (Å²) in [7, 11) is 0. The standard InChI is InChI=1S/C10H21N3O/c1-2-13(8-4-7-11)10(14)12-9-5-3-6-9/h9H,2-8,11H2,1H3,(H,12,14). The van der Waals surface area contributed by atoms with Gasteiger partial charge < -0.3 is 16.0 Å². The molecule has 1 rings (SSSR count). The third kappa shape index (κ3) is 3.18. The van der Waals surface area contributed by atoms with Crippen LogP contribution in [0.2, 0.25) is 0 Å². The number of rotatable bonds is 5. The fourth-order valence-corrected chi connectivity index (χ4v) is 1.50. The summed E-state index contributed by atoms with van der Waals surface area (Å²) in [5.74, 6) is 0. The average Bonchev–Trinajstić information content (AvgIpc) is 2.13. The zero-order valence-corrected chi connectivity index (χ0v) is 8.96. The first kappa shape index (κ1) is 11.3. The van der Waals surface area contributed by atoms with Gasteiger partial charge in [-0.05, 0) is 39.2 Å². The summed E-state index contributed by atoms with van der Waals surface area (Å²) in [6, 6.07) is 0.500. The fourth-order valence-electron chi connectivity index (χ4n) is 1.50. The molecule has 0 unspecified atom stereocenters. The lowest BCUT2D eigenvalue weighted by Gasteiger charge is -2.30. The molecule has 0 aromatic carbocycles. The Hall–Kier alpha value is -0.770. The van der Waals surface area contributed by atoms with E-state index < -0.39 is 0 Å². The van der Waals surface area contributed by atoms with E-state index in [4.69, 9.17) is 5.73 Å². The highest BCUT2D eigenvalue weighted by molar-refractivity contribution is 5.74. The van der Waals surface area contributed by atoms with Crippen molar-refractivity contribution < 1.29 is 4.79 Å². The Kier molecular flexibility index (Phi) is 4.73. The number of carbonyl (C=O) groups is 1.